The quantitative estimate of drug-likeness (QED) is 0.621. The highest BCUT2D eigenvalue weighted by Gasteiger charge is 2.22. The van der Waals surface area contributed by atoms with Gasteiger partial charge in [-0.15, -0.1) is 0 Å². The second-order valence-electron chi connectivity index (χ2n) is 9.32. The monoisotopic (exact) mass is 455 g/mol. The first-order valence-electron chi connectivity index (χ1n) is 11.5. The number of ether oxygens (including phenoxy) is 3. The molecular formula is C26H37N3O4. The number of morpholine rings is 1. The van der Waals surface area contributed by atoms with Crippen molar-refractivity contribution in [3.05, 3.63) is 59.7 Å². The fourth-order valence-electron chi connectivity index (χ4n) is 3.63. The standard InChI is InChI=1S/C26H37N3O4/c1-26(2,3)27-25(30)29(13-12-28-14-16-32-17-15-28)19-22-10-11-23(31-4)24(18-22)33-20-21-8-6-5-7-9-21/h5-11,18H,12-17,19-20H2,1-4H3,(H,27,30). The molecule has 0 atom stereocenters. The summed E-state index contributed by atoms with van der Waals surface area (Å²) in [5.41, 5.74) is 1.77. The van der Waals surface area contributed by atoms with Crippen LogP contribution in [0.4, 0.5) is 4.79 Å². The van der Waals surface area contributed by atoms with Crippen LogP contribution in [0.1, 0.15) is 31.9 Å². The number of amides is 2. The summed E-state index contributed by atoms with van der Waals surface area (Å²) in [7, 11) is 1.63. The van der Waals surface area contributed by atoms with E-state index in [9.17, 15) is 4.79 Å². The SMILES string of the molecule is COc1ccc(CN(CCN2CCOCC2)C(=O)NC(C)(C)C)cc1OCc1ccccc1. The van der Waals surface area contributed by atoms with E-state index in [-0.39, 0.29) is 11.6 Å². The topological polar surface area (TPSA) is 63.3 Å². The Morgan fingerprint density at radius 2 is 1.79 bits per heavy atom. The predicted molar refractivity (Wildman–Crippen MR) is 130 cm³/mol. The molecule has 0 unspecified atom stereocenters. The molecule has 0 saturated carbocycles. The molecule has 0 aliphatic carbocycles. The van der Waals surface area contributed by atoms with Crippen LogP contribution in [-0.4, -0.2) is 67.9 Å². The third-order valence-corrected chi connectivity index (χ3v) is 5.40. The first-order valence-corrected chi connectivity index (χ1v) is 11.5. The van der Waals surface area contributed by atoms with Crippen molar-refractivity contribution >= 4 is 6.03 Å². The fraction of sp³-hybridized carbons (Fsp3) is 0.500. The minimum absolute atomic E-state index is 0.0710. The first-order chi connectivity index (χ1) is 15.8. The van der Waals surface area contributed by atoms with Crippen molar-refractivity contribution in [1.29, 1.82) is 0 Å². The number of urea groups is 1. The van der Waals surface area contributed by atoms with Gasteiger partial charge in [-0.25, -0.2) is 4.79 Å². The fourth-order valence-corrected chi connectivity index (χ4v) is 3.63. The van der Waals surface area contributed by atoms with E-state index in [2.05, 4.69) is 10.2 Å². The lowest BCUT2D eigenvalue weighted by atomic mass is 10.1. The first kappa shape index (κ1) is 24.9. The summed E-state index contributed by atoms with van der Waals surface area (Å²) in [6, 6.07) is 15.8. The molecule has 7 nitrogen and oxygen atoms in total. The van der Waals surface area contributed by atoms with Crippen molar-refractivity contribution in [3.8, 4) is 11.5 Å². The maximum absolute atomic E-state index is 13.1. The van der Waals surface area contributed by atoms with E-state index in [1.165, 1.54) is 0 Å². The molecule has 1 aliphatic heterocycles. The zero-order chi connectivity index (χ0) is 23.7. The minimum atomic E-state index is -0.307. The minimum Gasteiger partial charge on any atom is -0.493 e. The Kier molecular flexibility index (Phi) is 8.97. The maximum atomic E-state index is 13.1. The lowest BCUT2D eigenvalue weighted by Gasteiger charge is -2.32. The van der Waals surface area contributed by atoms with E-state index in [0.717, 1.165) is 44.0 Å². The summed E-state index contributed by atoms with van der Waals surface area (Å²) in [6.45, 7) is 11.6. The lowest BCUT2D eigenvalue weighted by molar-refractivity contribution is 0.0345. The smallest absolute Gasteiger partial charge is 0.318 e. The summed E-state index contributed by atoms with van der Waals surface area (Å²) < 4.78 is 17.0. The van der Waals surface area contributed by atoms with Crippen molar-refractivity contribution < 1.29 is 19.0 Å². The molecule has 0 spiro atoms. The Morgan fingerprint density at radius 1 is 1.06 bits per heavy atom. The van der Waals surface area contributed by atoms with E-state index in [0.29, 0.717) is 31.2 Å². The summed E-state index contributed by atoms with van der Waals surface area (Å²) in [5, 5.41) is 3.10. The highest BCUT2D eigenvalue weighted by atomic mass is 16.5. The zero-order valence-electron chi connectivity index (χ0n) is 20.3. The maximum Gasteiger partial charge on any atom is 0.318 e. The van der Waals surface area contributed by atoms with Crippen molar-refractivity contribution in [2.24, 2.45) is 0 Å². The molecule has 1 N–H and O–H groups in total. The number of carbonyl (C=O) groups is 1. The van der Waals surface area contributed by atoms with Gasteiger partial charge in [-0.3, -0.25) is 4.90 Å². The molecule has 2 amide bonds. The van der Waals surface area contributed by atoms with Gasteiger partial charge in [-0.2, -0.15) is 0 Å². The van der Waals surface area contributed by atoms with E-state index < -0.39 is 0 Å². The van der Waals surface area contributed by atoms with Gasteiger partial charge in [0.1, 0.15) is 6.61 Å². The number of methoxy groups -OCH3 is 1. The lowest BCUT2D eigenvalue weighted by Crippen LogP contribution is -2.50. The predicted octanol–water partition coefficient (Wildman–Crippen LogP) is 3.92. The molecule has 1 saturated heterocycles. The van der Waals surface area contributed by atoms with Gasteiger partial charge in [0.25, 0.3) is 0 Å². The molecule has 180 valence electrons. The van der Waals surface area contributed by atoms with Gasteiger partial charge in [0.15, 0.2) is 11.5 Å². The van der Waals surface area contributed by atoms with Gasteiger partial charge in [0.2, 0.25) is 0 Å². The van der Waals surface area contributed by atoms with Gasteiger partial charge in [-0.1, -0.05) is 36.4 Å². The number of hydrogen-bond acceptors (Lipinski definition) is 5. The summed E-state index contributed by atoms with van der Waals surface area (Å²) >= 11 is 0. The molecule has 33 heavy (non-hydrogen) atoms. The Hall–Kier alpha value is -2.77. The van der Waals surface area contributed by atoms with Crippen LogP contribution in [0.5, 0.6) is 11.5 Å². The molecule has 1 fully saturated rings. The Morgan fingerprint density at radius 3 is 2.45 bits per heavy atom. The number of carbonyl (C=O) groups excluding carboxylic acids is 1. The molecule has 3 rings (SSSR count). The Balaban J connectivity index is 1.71. The number of rotatable bonds is 9. The van der Waals surface area contributed by atoms with Gasteiger partial charge in [-0.05, 0) is 44.0 Å². The van der Waals surface area contributed by atoms with Crippen LogP contribution in [0, 0.1) is 0 Å². The third-order valence-electron chi connectivity index (χ3n) is 5.40. The summed E-state index contributed by atoms with van der Waals surface area (Å²) in [4.78, 5) is 17.3. The third kappa shape index (κ3) is 8.26. The Bertz CT molecular complexity index is 877. The number of nitrogens with one attached hydrogen (secondary N) is 1. The van der Waals surface area contributed by atoms with Gasteiger partial charge < -0.3 is 24.4 Å². The van der Waals surface area contributed by atoms with Crippen LogP contribution < -0.4 is 14.8 Å². The van der Waals surface area contributed by atoms with Gasteiger partial charge >= 0.3 is 6.03 Å². The average molecular weight is 456 g/mol. The van der Waals surface area contributed by atoms with Gasteiger partial charge in [0.05, 0.1) is 20.3 Å². The molecule has 1 heterocycles. The molecule has 2 aromatic rings. The van der Waals surface area contributed by atoms with Crippen LogP contribution in [0.3, 0.4) is 0 Å². The number of hydrogen-bond donors (Lipinski definition) is 1. The van der Waals surface area contributed by atoms with Crippen molar-refractivity contribution in [2.45, 2.75) is 39.5 Å². The Labute approximate surface area is 197 Å². The van der Waals surface area contributed by atoms with Crippen LogP contribution in [-0.2, 0) is 17.9 Å². The second-order valence-corrected chi connectivity index (χ2v) is 9.32. The second kappa shape index (κ2) is 11.9. The number of benzene rings is 2. The van der Waals surface area contributed by atoms with E-state index in [4.69, 9.17) is 14.2 Å². The van der Waals surface area contributed by atoms with E-state index in [1.54, 1.807) is 7.11 Å². The normalized spacial score (nSPS) is 14.5. The van der Waals surface area contributed by atoms with Crippen molar-refractivity contribution in [2.75, 3.05) is 46.5 Å². The van der Waals surface area contributed by atoms with Crippen molar-refractivity contribution in [3.63, 3.8) is 0 Å². The highest BCUT2D eigenvalue weighted by molar-refractivity contribution is 5.75. The van der Waals surface area contributed by atoms with Crippen LogP contribution in [0.15, 0.2) is 48.5 Å². The van der Waals surface area contributed by atoms with Gasteiger partial charge in [0, 0.05) is 38.3 Å². The van der Waals surface area contributed by atoms with Crippen LogP contribution >= 0.6 is 0 Å². The van der Waals surface area contributed by atoms with Crippen LogP contribution in [0.2, 0.25) is 0 Å². The summed E-state index contributed by atoms with van der Waals surface area (Å²) in [5.74, 6) is 1.34. The average Bonchev–Trinajstić information content (AvgIpc) is 2.80. The molecule has 0 aromatic heterocycles. The largest absolute Gasteiger partial charge is 0.493 e. The molecule has 0 bridgehead atoms. The zero-order valence-corrected chi connectivity index (χ0v) is 20.3. The summed E-state index contributed by atoms with van der Waals surface area (Å²) in [6.07, 6.45) is 0. The highest BCUT2D eigenvalue weighted by Crippen LogP contribution is 2.29. The molecule has 7 heteroatoms. The number of nitrogens with zero attached hydrogens (tertiary/aromatic N) is 2. The molecule has 0 radical (unpaired) electrons. The van der Waals surface area contributed by atoms with E-state index in [1.807, 2.05) is 74.2 Å². The molecule has 1 aliphatic rings. The molecule has 2 aromatic carbocycles. The van der Waals surface area contributed by atoms with Crippen molar-refractivity contribution in [1.82, 2.24) is 15.1 Å². The van der Waals surface area contributed by atoms with Crippen LogP contribution in [0.25, 0.3) is 0 Å². The van der Waals surface area contributed by atoms with E-state index >= 15 is 0 Å². The molecular weight excluding hydrogens is 418 g/mol.